The molecule has 1 heterocycles. The molecule has 0 N–H and O–H groups in total. The van der Waals surface area contributed by atoms with E-state index in [2.05, 4.69) is 121 Å². The number of benzene rings is 7. The number of furan rings is 1. The molecule has 7 aromatic carbocycles. The Kier molecular flexibility index (Phi) is 4.11. The topological polar surface area (TPSA) is 13.1 Å². The number of fused-ring (bicyclic) bond motifs is 7. The molecule has 0 spiro atoms. The first-order chi connectivity index (χ1) is 19.3. The van der Waals surface area contributed by atoms with Crippen LogP contribution in [-0.4, -0.2) is 0 Å². The van der Waals surface area contributed by atoms with Gasteiger partial charge in [-0.3, -0.25) is 0 Å². The smallest absolute Gasteiger partial charge is 0.135 e. The van der Waals surface area contributed by atoms with Crippen molar-refractivity contribution in [1.82, 2.24) is 0 Å². The first-order valence-corrected chi connectivity index (χ1v) is 13.4. The summed E-state index contributed by atoms with van der Waals surface area (Å²) in [5.41, 5.74) is 12.1. The van der Waals surface area contributed by atoms with E-state index in [1.165, 1.54) is 66.1 Å². The molecule has 1 nitrogen and oxygen atoms in total. The van der Waals surface area contributed by atoms with Gasteiger partial charge in [-0.25, -0.2) is 0 Å². The van der Waals surface area contributed by atoms with Gasteiger partial charge in [0.25, 0.3) is 0 Å². The van der Waals surface area contributed by atoms with Crippen LogP contribution in [0.4, 0.5) is 0 Å². The van der Waals surface area contributed by atoms with Gasteiger partial charge >= 0.3 is 0 Å². The Morgan fingerprint density at radius 2 is 0.949 bits per heavy atom. The van der Waals surface area contributed by atoms with E-state index in [1.807, 2.05) is 12.1 Å². The molecule has 1 aliphatic carbocycles. The van der Waals surface area contributed by atoms with Crippen LogP contribution < -0.4 is 0 Å². The minimum Gasteiger partial charge on any atom is -0.456 e. The predicted molar refractivity (Wildman–Crippen MR) is 164 cm³/mol. The molecule has 0 saturated heterocycles. The molecule has 9 rings (SSSR count). The minimum atomic E-state index is 0.929. The van der Waals surface area contributed by atoms with Crippen molar-refractivity contribution in [3.8, 4) is 44.5 Å². The second kappa shape index (κ2) is 7.69. The third-order valence-corrected chi connectivity index (χ3v) is 8.41. The van der Waals surface area contributed by atoms with Gasteiger partial charge in [0, 0.05) is 10.8 Å². The SMILES string of the molecule is c1ccc2cc3c(cc2c1)-c1cccc2c(-c4ccc(-c5ccc6oc7ccccc7c6c5)cc4)ccc-3c12. The average Bonchev–Trinajstić information content (AvgIpc) is 3.52. The van der Waals surface area contributed by atoms with Crippen LogP contribution in [0.25, 0.3) is 88.0 Å². The van der Waals surface area contributed by atoms with Crippen LogP contribution in [-0.2, 0) is 0 Å². The largest absolute Gasteiger partial charge is 0.456 e. The van der Waals surface area contributed by atoms with E-state index in [9.17, 15) is 0 Å². The van der Waals surface area contributed by atoms with Crippen molar-refractivity contribution in [3.63, 3.8) is 0 Å². The first-order valence-electron chi connectivity index (χ1n) is 13.4. The number of para-hydroxylation sites is 1. The third kappa shape index (κ3) is 2.96. The van der Waals surface area contributed by atoms with Crippen LogP contribution in [0.3, 0.4) is 0 Å². The van der Waals surface area contributed by atoms with Crippen molar-refractivity contribution in [2.75, 3.05) is 0 Å². The van der Waals surface area contributed by atoms with Crippen LogP contribution in [0.2, 0.25) is 0 Å². The van der Waals surface area contributed by atoms with E-state index in [-0.39, 0.29) is 0 Å². The summed E-state index contributed by atoms with van der Waals surface area (Å²) in [6.07, 6.45) is 0. The summed E-state index contributed by atoms with van der Waals surface area (Å²) in [5.74, 6) is 0. The molecule has 0 bridgehead atoms. The maximum Gasteiger partial charge on any atom is 0.135 e. The Labute approximate surface area is 225 Å². The van der Waals surface area contributed by atoms with Crippen LogP contribution in [0.15, 0.2) is 138 Å². The minimum absolute atomic E-state index is 0.929. The highest BCUT2D eigenvalue weighted by atomic mass is 16.3. The lowest BCUT2D eigenvalue weighted by molar-refractivity contribution is 0.669. The molecule has 1 heteroatoms. The fourth-order valence-electron chi connectivity index (χ4n) is 6.54. The Balaban J connectivity index is 1.16. The van der Waals surface area contributed by atoms with Gasteiger partial charge in [-0.2, -0.15) is 0 Å². The monoisotopic (exact) mass is 494 g/mol. The van der Waals surface area contributed by atoms with Crippen molar-refractivity contribution in [1.29, 1.82) is 0 Å². The molecule has 1 aromatic heterocycles. The Morgan fingerprint density at radius 1 is 0.333 bits per heavy atom. The summed E-state index contributed by atoms with van der Waals surface area (Å²) < 4.78 is 6.03. The average molecular weight is 495 g/mol. The lowest BCUT2D eigenvalue weighted by Gasteiger charge is -2.11. The summed E-state index contributed by atoms with van der Waals surface area (Å²) in [4.78, 5) is 0. The zero-order chi connectivity index (χ0) is 25.5. The molecule has 1 aliphatic rings. The third-order valence-electron chi connectivity index (χ3n) is 8.41. The molecule has 0 aliphatic heterocycles. The Hall–Kier alpha value is -5.14. The van der Waals surface area contributed by atoms with Crippen LogP contribution >= 0.6 is 0 Å². The molecular formula is C38H22O. The van der Waals surface area contributed by atoms with E-state index in [4.69, 9.17) is 4.42 Å². The predicted octanol–water partition coefficient (Wildman–Crippen LogP) is 10.9. The number of rotatable bonds is 2. The molecule has 0 saturated carbocycles. The van der Waals surface area contributed by atoms with E-state index >= 15 is 0 Å². The molecular weight excluding hydrogens is 472 g/mol. The quantitative estimate of drug-likeness (QED) is 0.233. The molecule has 180 valence electrons. The van der Waals surface area contributed by atoms with Gasteiger partial charge in [-0.05, 0) is 96.4 Å². The second-order valence-corrected chi connectivity index (χ2v) is 10.5. The van der Waals surface area contributed by atoms with Gasteiger partial charge in [0.15, 0.2) is 0 Å². The Bertz CT molecular complexity index is 2220. The van der Waals surface area contributed by atoms with Crippen LogP contribution in [0, 0.1) is 0 Å². The highest BCUT2D eigenvalue weighted by Gasteiger charge is 2.23. The van der Waals surface area contributed by atoms with Crippen LogP contribution in [0.1, 0.15) is 0 Å². The molecule has 0 amide bonds. The van der Waals surface area contributed by atoms with Crippen molar-refractivity contribution in [3.05, 3.63) is 133 Å². The standard InChI is InChI=1S/C38H22O/c1-2-7-26-21-34-32-18-17-28(30-9-5-10-31(38(30)32)33(34)20-25(26)6-1)24-14-12-23(13-15-24)27-16-19-37-35(22-27)29-8-3-4-11-36(29)39-37/h1-22H. The van der Waals surface area contributed by atoms with Crippen molar-refractivity contribution < 1.29 is 4.42 Å². The van der Waals surface area contributed by atoms with Crippen molar-refractivity contribution in [2.24, 2.45) is 0 Å². The molecule has 0 unspecified atom stereocenters. The second-order valence-electron chi connectivity index (χ2n) is 10.5. The molecule has 8 aromatic rings. The Morgan fingerprint density at radius 3 is 1.77 bits per heavy atom. The van der Waals surface area contributed by atoms with Gasteiger partial charge in [-0.1, -0.05) is 103 Å². The summed E-state index contributed by atoms with van der Waals surface area (Å²) in [7, 11) is 0. The summed E-state index contributed by atoms with van der Waals surface area (Å²) >= 11 is 0. The maximum atomic E-state index is 6.03. The lowest BCUT2D eigenvalue weighted by atomic mass is 9.93. The summed E-state index contributed by atoms with van der Waals surface area (Å²) in [6, 6.07) is 48.4. The van der Waals surface area contributed by atoms with E-state index in [0.29, 0.717) is 0 Å². The van der Waals surface area contributed by atoms with Crippen LogP contribution in [0.5, 0.6) is 0 Å². The van der Waals surface area contributed by atoms with Gasteiger partial charge in [0.05, 0.1) is 0 Å². The first kappa shape index (κ1) is 20.9. The van der Waals surface area contributed by atoms with Gasteiger partial charge in [-0.15, -0.1) is 0 Å². The van der Waals surface area contributed by atoms with Gasteiger partial charge < -0.3 is 4.42 Å². The van der Waals surface area contributed by atoms with E-state index in [1.54, 1.807) is 0 Å². The normalized spacial score (nSPS) is 12.1. The van der Waals surface area contributed by atoms with Crippen molar-refractivity contribution >= 4 is 43.5 Å². The fourth-order valence-corrected chi connectivity index (χ4v) is 6.54. The number of hydrogen-bond acceptors (Lipinski definition) is 1. The maximum absolute atomic E-state index is 6.03. The lowest BCUT2D eigenvalue weighted by Crippen LogP contribution is -1.84. The van der Waals surface area contributed by atoms with Gasteiger partial charge in [0.1, 0.15) is 11.2 Å². The van der Waals surface area contributed by atoms with Crippen molar-refractivity contribution in [2.45, 2.75) is 0 Å². The zero-order valence-electron chi connectivity index (χ0n) is 21.1. The highest BCUT2D eigenvalue weighted by Crippen LogP contribution is 2.50. The highest BCUT2D eigenvalue weighted by molar-refractivity contribution is 6.20. The molecule has 0 fully saturated rings. The zero-order valence-corrected chi connectivity index (χ0v) is 21.1. The van der Waals surface area contributed by atoms with E-state index < -0.39 is 0 Å². The fraction of sp³-hybridized carbons (Fsp3) is 0. The van der Waals surface area contributed by atoms with Gasteiger partial charge in [0.2, 0.25) is 0 Å². The number of hydrogen-bond donors (Lipinski definition) is 0. The molecule has 39 heavy (non-hydrogen) atoms. The summed E-state index contributed by atoms with van der Waals surface area (Å²) in [6.45, 7) is 0. The molecule has 0 radical (unpaired) electrons. The molecule has 0 atom stereocenters. The van der Waals surface area contributed by atoms with E-state index in [0.717, 1.165) is 21.9 Å². The summed E-state index contributed by atoms with van der Waals surface area (Å²) in [5, 5.41) is 7.57.